The fourth-order valence-electron chi connectivity index (χ4n) is 2.36. The average Bonchev–Trinajstić information content (AvgIpc) is 2.52. The highest BCUT2D eigenvalue weighted by atomic mass is 35.5. The number of carbonyl (C=O) groups is 1. The monoisotopic (exact) mass is 387 g/mol. The molecule has 1 aliphatic heterocycles. The van der Waals surface area contributed by atoms with Gasteiger partial charge in [-0.25, -0.2) is 4.79 Å². The zero-order valence-corrected chi connectivity index (χ0v) is 17.7. The minimum atomic E-state index is -0.460. The Bertz CT molecular complexity index is 495. The van der Waals surface area contributed by atoms with Gasteiger partial charge in [0.2, 0.25) is 0 Å². The predicted molar refractivity (Wildman–Crippen MR) is 108 cm³/mol. The number of amides is 1. The Kier molecular flexibility index (Phi) is 11.2. The van der Waals surface area contributed by atoms with Crippen LogP contribution < -0.4 is 10.2 Å². The van der Waals surface area contributed by atoms with Crippen LogP contribution in [0.15, 0.2) is 18.3 Å². The van der Waals surface area contributed by atoms with Gasteiger partial charge in [0.15, 0.2) is 5.82 Å². The van der Waals surface area contributed by atoms with E-state index in [0.29, 0.717) is 0 Å². The van der Waals surface area contributed by atoms with Crippen LogP contribution in [-0.4, -0.2) is 65.6 Å². The van der Waals surface area contributed by atoms with E-state index in [9.17, 15) is 4.79 Å². The molecule has 0 bridgehead atoms. The molecule has 0 aliphatic carbocycles. The maximum absolute atomic E-state index is 11.5. The standard InChI is InChI=1S/C12H18N4O2.C6H15N.ClH/c1-12(2,3)18-11(17)14-9-7-16(8-9)10-5-4-6-13-15-10;1-4-7(5-2)6-3;/h4-6,9H,7-8H2,1-3H3,(H,14,17);4-6H2,1-3H3;1H. The molecule has 0 saturated carbocycles. The van der Waals surface area contributed by atoms with Crippen molar-refractivity contribution in [3.8, 4) is 0 Å². The highest BCUT2D eigenvalue weighted by molar-refractivity contribution is 5.85. The van der Waals surface area contributed by atoms with Gasteiger partial charge in [-0.05, 0) is 52.5 Å². The van der Waals surface area contributed by atoms with E-state index >= 15 is 0 Å². The SMILES string of the molecule is CC(C)(C)OC(=O)NC1CN(c2cccnn2)C1.CCN(CC)CC.Cl. The Morgan fingerprint density at radius 2 is 1.85 bits per heavy atom. The summed E-state index contributed by atoms with van der Waals surface area (Å²) in [5.74, 6) is 0.833. The largest absolute Gasteiger partial charge is 0.444 e. The molecular weight excluding hydrogens is 354 g/mol. The second-order valence-electron chi connectivity index (χ2n) is 6.95. The van der Waals surface area contributed by atoms with Gasteiger partial charge in [-0.1, -0.05) is 20.8 Å². The number of anilines is 1. The lowest BCUT2D eigenvalue weighted by molar-refractivity contribution is 0.0496. The third-order valence-electron chi connectivity index (χ3n) is 3.83. The minimum absolute atomic E-state index is 0. The number of aromatic nitrogens is 2. The number of nitrogens with one attached hydrogen (secondary N) is 1. The van der Waals surface area contributed by atoms with Crippen LogP contribution in [0.4, 0.5) is 10.6 Å². The molecule has 1 amide bonds. The van der Waals surface area contributed by atoms with Crippen molar-refractivity contribution in [2.45, 2.75) is 53.2 Å². The Morgan fingerprint density at radius 1 is 1.27 bits per heavy atom. The van der Waals surface area contributed by atoms with Gasteiger partial charge in [0.05, 0.1) is 6.04 Å². The summed E-state index contributed by atoms with van der Waals surface area (Å²) < 4.78 is 5.19. The van der Waals surface area contributed by atoms with Gasteiger partial charge < -0.3 is 19.9 Å². The molecule has 150 valence electrons. The molecule has 26 heavy (non-hydrogen) atoms. The Labute approximate surface area is 163 Å². The first-order chi connectivity index (χ1) is 11.8. The van der Waals surface area contributed by atoms with Gasteiger partial charge in [-0.2, -0.15) is 5.10 Å². The van der Waals surface area contributed by atoms with Crippen LogP contribution in [0.25, 0.3) is 0 Å². The van der Waals surface area contributed by atoms with Gasteiger partial charge in [0.25, 0.3) is 0 Å². The molecule has 2 rings (SSSR count). The van der Waals surface area contributed by atoms with E-state index in [0.717, 1.165) is 18.9 Å². The van der Waals surface area contributed by atoms with Gasteiger partial charge in [0, 0.05) is 19.3 Å². The van der Waals surface area contributed by atoms with E-state index in [1.54, 1.807) is 6.20 Å². The Balaban J connectivity index is 0.000000673. The van der Waals surface area contributed by atoms with E-state index in [1.165, 1.54) is 19.6 Å². The van der Waals surface area contributed by atoms with Crippen molar-refractivity contribution in [3.63, 3.8) is 0 Å². The summed E-state index contributed by atoms with van der Waals surface area (Å²) in [4.78, 5) is 16.0. The van der Waals surface area contributed by atoms with Crippen LogP contribution in [0.1, 0.15) is 41.5 Å². The molecule has 1 aromatic rings. The van der Waals surface area contributed by atoms with E-state index in [-0.39, 0.29) is 24.5 Å². The van der Waals surface area contributed by atoms with Crippen LogP contribution in [0.3, 0.4) is 0 Å². The number of nitrogens with zero attached hydrogens (tertiary/aromatic N) is 4. The second kappa shape index (κ2) is 11.9. The van der Waals surface area contributed by atoms with Crippen LogP contribution in [0.5, 0.6) is 0 Å². The highest BCUT2D eigenvalue weighted by Gasteiger charge is 2.30. The fourth-order valence-corrected chi connectivity index (χ4v) is 2.36. The summed E-state index contributed by atoms with van der Waals surface area (Å²) in [6.45, 7) is 17.1. The molecule has 0 atom stereocenters. The molecule has 2 heterocycles. The summed E-state index contributed by atoms with van der Waals surface area (Å²) in [6, 6.07) is 3.86. The Hall–Kier alpha value is -1.60. The zero-order valence-electron chi connectivity index (χ0n) is 16.9. The van der Waals surface area contributed by atoms with Gasteiger partial charge in [-0.3, -0.25) is 0 Å². The molecule has 1 aliphatic rings. The lowest BCUT2D eigenvalue weighted by atomic mass is 10.1. The van der Waals surface area contributed by atoms with Crippen molar-refractivity contribution in [1.82, 2.24) is 20.4 Å². The van der Waals surface area contributed by atoms with Gasteiger partial charge in [0.1, 0.15) is 5.60 Å². The van der Waals surface area contributed by atoms with Crippen LogP contribution in [0, 0.1) is 0 Å². The fraction of sp³-hybridized carbons (Fsp3) is 0.722. The number of halogens is 1. The summed E-state index contributed by atoms with van der Waals surface area (Å²) in [7, 11) is 0. The number of carbonyl (C=O) groups excluding carboxylic acids is 1. The molecule has 0 spiro atoms. The van der Waals surface area contributed by atoms with Crippen molar-refractivity contribution >= 4 is 24.3 Å². The van der Waals surface area contributed by atoms with Crippen LogP contribution >= 0.6 is 12.4 Å². The van der Waals surface area contributed by atoms with Crippen molar-refractivity contribution in [3.05, 3.63) is 18.3 Å². The maximum Gasteiger partial charge on any atom is 0.407 e. The van der Waals surface area contributed by atoms with Gasteiger partial charge >= 0.3 is 6.09 Å². The third-order valence-corrected chi connectivity index (χ3v) is 3.83. The lowest BCUT2D eigenvalue weighted by Gasteiger charge is -2.40. The van der Waals surface area contributed by atoms with E-state index in [4.69, 9.17) is 4.74 Å². The minimum Gasteiger partial charge on any atom is -0.444 e. The molecule has 0 unspecified atom stereocenters. The smallest absolute Gasteiger partial charge is 0.407 e. The van der Waals surface area contributed by atoms with Crippen molar-refractivity contribution in [2.75, 3.05) is 37.6 Å². The number of hydrogen-bond acceptors (Lipinski definition) is 6. The summed E-state index contributed by atoms with van der Waals surface area (Å²) >= 11 is 0. The summed E-state index contributed by atoms with van der Waals surface area (Å²) in [5, 5.41) is 10.6. The van der Waals surface area contributed by atoms with Crippen LogP contribution in [-0.2, 0) is 4.74 Å². The number of ether oxygens (including phenoxy) is 1. The summed E-state index contributed by atoms with van der Waals surface area (Å²) in [5.41, 5.74) is -0.460. The molecule has 8 heteroatoms. The van der Waals surface area contributed by atoms with E-state index < -0.39 is 5.60 Å². The van der Waals surface area contributed by atoms with Crippen molar-refractivity contribution in [1.29, 1.82) is 0 Å². The first kappa shape index (κ1) is 24.4. The van der Waals surface area contributed by atoms with Gasteiger partial charge in [-0.15, -0.1) is 17.5 Å². The highest BCUT2D eigenvalue weighted by Crippen LogP contribution is 2.17. The number of hydrogen-bond donors (Lipinski definition) is 1. The molecule has 0 radical (unpaired) electrons. The molecule has 0 aromatic carbocycles. The molecule has 1 aromatic heterocycles. The predicted octanol–water partition coefficient (Wildman–Crippen LogP) is 2.96. The number of alkyl carbamates (subject to hydrolysis) is 1. The normalized spacial score (nSPS) is 13.9. The lowest BCUT2D eigenvalue weighted by Crippen LogP contribution is -2.60. The molecular formula is C18H34ClN5O2. The Morgan fingerprint density at radius 3 is 2.23 bits per heavy atom. The third kappa shape index (κ3) is 9.20. The topological polar surface area (TPSA) is 70.6 Å². The zero-order chi connectivity index (χ0) is 18.9. The molecule has 1 saturated heterocycles. The summed E-state index contributed by atoms with van der Waals surface area (Å²) in [6.07, 6.45) is 1.27. The first-order valence-electron chi connectivity index (χ1n) is 9.03. The first-order valence-corrected chi connectivity index (χ1v) is 9.03. The molecule has 1 fully saturated rings. The van der Waals surface area contributed by atoms with Crippen molar-refractivity contribution in [2.24, 2.45) is 0 Å². The quantitative estimate of drug-likeness (QED) is 0.837. The van der Waals surface area contributed by atoms with Crippen LogP contribution in [0.2, 0.25) is 0 Å². The van der Waals surface area contributed by atoms with E-state index in [1.807, 2.05) is 32.9 Å². The maximum atomic E-state index is 11.5. The average molecular weight is 388 g/mol. The molecule has 1 N–H and O–H groups in total. The second-order valence-corrected chi connectivity index (χ2v) is 6.95. The molecule has 7 nitrogen and oxygen atoms in total. The number of rotatable bonds is 5. The van der Waals surface area contributed by atoms with Crippen molar-refractivity contribution < 1.29 is 9.53 Å². The van der Waals surface area contributed by atoms with E-state index in [2.05, 4.69) is 46.1 Å².